The Balaban J connectivity index is 2.11. The lowest BCUT2D eigenvalue weighted by Crippen LogP contribution is -2.01. The summed E-state index contributed by atoms with van der Waals surface area (Å²) in [5, 5.41) is 0. The van der Waals surface area contributed by atoms with E-state index in [9.17, 15) is 0 Å². The van der Waals surface area contributed by atoms with E-state index < -0.39 is 0 Å². The summed E-state index contributed by atoms with van der Waals surface area (Å²) in [5.74, 6) is 3.08. The topological polar surface area (TPSA) is 64.9 Å². The molecule has 0 atom stereocenters. The van der Waals surface area contributed by atoms with Gasteiger partial charge in [-0.25, -0.2) is 9.97 Å². The van der Waals surface area contributed by atoms with E-state index in [0.717, 1.165) is 15.9 Å². The molecule has 0 bridgehead atoms. The molecule has 0 amide bonds. The quantitative estimate of drug-likeness (QED) is 0.923. The van der Waals surface area contributed by atoms with Gasteiger partial charge in [-0.05, 0) is 47.8 Å². The fourth-order valence-corrected chi connectivity index (χ4v) is 2.28. The Hall–Kier alpha value is -1.36. The van der Waals surface area contributed by atoms with Crippen LogP contribution >= 0.6 is 15.9 Å². The second-order valence-corrected chi connectivity index (χ2v) is 5.11. The SMILES string of the molecule is Cc1ccc(-c2nc(N)c(Br)c(C3CC3)n2)o1. The van der Waals surface area contributed by atoms with Gasteiger partial charge in [0.2, 0.25) is 0 Å². The van der Waals surface area contributed by atoms with Crippen molar-refractivity contribution in [2.45, 2.75) is 25.7 Å². The van der Waals surface area contributed by atoms with Crippen LogP contribution in [0, 0.1) is 6.92 Å². The van der Waals surface area contributed by atoms with E-state index in [1.54, 1.807) is 0 Å². The number of anilines is 1. The normalized spacial score (nSPS) is 15.2. The Morgan fingerprint density at radius 2 is 2.12 bits per heavy atom. The van der Waals surface area contributed by atoms with Crippen LogP contribution in [0.25, 0.3) is 11.6 Å². The lowest BCUT2D eigenvalue weighted by Gasteiger charge is -2.06. The minimum Gasteiger partial charge on any atom is -0.458 e. The van der Waals surface area contributed by atoms with E-state index in [1.165, 1.54) is 12.8 Å². The van der Waals surface area contributed by atoms with Crippen LogP contribution in [0.15, 0.2) is 21.0 Å². The molecule has 1 aliphatic rings. The molecule has 0 saturated heterocycles. The van der Waals surface area contributed by atoms with Crippen molar-refractivity contribution in [2.75, 3.05) is 5.73 Å². The fourth-order valence-electron chi connectivity index (χ4n) is 1.77. The summed E-state index contributed by atoms with van der Waals surface area (Å²) >= 11 is 3.45. The van der Waals surface area contributed by atoms with Gasteiger partial charge in [-0.1, -0.05) is 0 Å². The standard InChI is InChI=1S/C12H12BrN3O/c1-6-2-5-8(17-6)12-15-10(7-3-4-7)9(13)11(14)16-12/h2,5,7H,3-4H2,1H3,(H2,14,15,16). The molecule has 2 N–H and O–H groups in total. The number of nitrogen functional groups attached to an aromatic ring is 1. The highest BCUT2D eigenvalue weighted by atomic mass is 79.9. The van der Waals surface area contributed by atoms with E-state index in [1.807, 2.05) is 19.1 Å². The van der Waals surface area contributed by atoms with Crippen LogP contribution in [0.2, 0.25) is 0 Å². The summed E-state index contributed by atoms with van der Waals surface area (Å²) in [7, 11) is 0. The van der Waals surface area contributed by atoms with E-state index in [2.05, 4.69) is 25.9 Å². The second kappa shape index (κ2) is 3.84. The summed E-state index contributed by atoms with van der Waals surface area (Å²) < 4.78 is 6.35. The molecule has 0 spiro atoms. The van der Waals surface area contributed by atoms with Crippen molar-refractivity contribution in [1.82, 2.24) is 9.97 Å². The van der Waals surface area contributed by atoms with E-state index >= 15 is 0 Å². The van der Waals surface area contributed by atoms with Crippen molar-refractivity contribution < 1.29 is 4.42 Å². The second-order valence-electron chi connectivity index (χ2n) is 4.32. The third-order valence-corrected chi connectivity index (χ3v) is 3.64. The summed E-state index contributed by atoms with van der Waals surface area (Å²) in [6.07, 6.45) is 2.34. The van der Waals surface area contributed by atoms with Gasteiger partial charge in [0.15, 0.2) is 11.6 Å². The molecule has 88 valence electrons. The van der Waals surface area contributed by atoms with Gasteiger partial charge >= 0.3 is 0 Å². The summed E-state index contributed by atoms with van der Waals surface area (Å²) in [4.78, 5) is 8.80. The molecule has 5 heteroatoms. The third kappa shape index (κ3) is 1.95. The zero-order chi connectivity index (χ0) is 12.0. The van der Waals surface area contributed by atoms with Crippen LogP contribution in [0.3, 0.4) is 0 Å². The molecule has 0 unspecified atom stereocenters. The van der Waals surface area contributed by atoms with Crippen molar-refractivity contribution in [2.24, 2.45) is 0 Å². The molecule has 0 aliphatic heterocycles. The Morgan fingerprint density at radius 1 is 1.35 bits per heavy atom. The highest BCUT2D eigenvalue weighted by Crippen LogP contribution is 2.43. The van der Waals surface area contributed by atoms with Crippen LogP contribution in [-0.2, 0) is 0 Å². The average molecular weight is 294 g/mol. The average Bonchev–Trinajstić information content (AvgIpc) is 3.05. The Labute approximate surface area is 107 Å². The largest absolute Gasteiger partial charge is 0.458 e. The highest BCUT2D eigenvalue weighted by Gasteiger charge is 2.29. The molecule has 2 aromatic heterocycles. The first-order chi connectivity index (χ1) is 8.15. The third-order valence-electron chi connectivity index (χ3n) is 2.83. The fraction of sp³-hybridized carbons (Fsp3) is 0.333. The van der Waals surface area contributed by atoms with Crippen molar-refractivity contribution in [3.63, 3.8) is 0 Å². The van der Waals surface area contributed by atoms with E-state index in [0.29, 0.717) is 23.3 Å². The lowest BCUT2D eigenvalue weighted by molar-refractivity contribution is 0.543. The number of hydrogen-bond acceptors (Lipinski definition) is 4. The maximum atomic E-state index is 5.89. The summed E-state index contributed by atoms with van der Waals surface area (Å²) in [6, 6.07) is 3.77. The molecule has 0 aromatic carbocycles. The number of nitrogens with two attached hydrogens (primary N) is 1. The maximum Gasteiger partial charge on any atom is 0.197 e. The molecule has 17 heavy (non-hydrogen) atoms. The molecule has 1 saturated carbocycles. The molecular formula is C12H12BrN3O. The van der Waals surface area contributed by atoms with Crippen LogP contribution in [0.1, 0.15) is 30.2 Å². The first-order valence-corrected chi connectivity index (χ1v) is 6.34. The number of furan rings is 1. The van der Waals surface area contributed by atoms with Gasteiger partial charge in [0.1, 0.15) is 11.6 Å². The zero-order valence-corrected chi connectivity index (χ0v) is 11.0. The highest BCUT2D eigenvalue weighted by molar-refractivity contribution is 9.10. The monoisotopic (exact) mass is 293 g/mol. The van der Waals surface area contributed by atoms with Gasteiger partial charge in [0.25, 0.3) is 0 Å². The number of aryl methyl sites for hydroxylation is 1. The van der Waals surface area contributed by atoms with E-state index in [-0.39, 0.29) is 0 Å². The van der Waals surface area contributed by atoms with Gasteiger partial charge in [-0.2, -0.15) is 0 Å². The number of rotatable bonds is 2. The molecule has 3 rings (SSSR count). The van der Waals surface area contributed by atoms with Crippen molar-refractivity contribution >= 4 is 21.7 Å². The number of nitrogens with zero attached hydrogens (tertiary/aromatic N) is 2. The Morgan fingerprint density at radius 3 is 2.71 bits per heavy atom. The van der Waals surface area contributed by atoms with Crippen LogP contribution in [0.4, 0.5) is 5.82 Å². The predicted molar refractivity (Wildman–Crippen MR) is 68.6 cm³/mol. The lowest BCUT2D eigenvalue weighted by atomic mass is 10.2. The van der Waals surface area contributed by atoms with Crippen molar-refractivity contribution in [3.05, 3.63) is 28.1 Å². The first kappa shape index (κ1) is 10.8. The van der Waals surface area contributed by atoms with Gasteiger partial charge in [-0.15, -0.1) is 0 Å². The van der Waals surface area contributed by atoms with E-state index in [4.69, 9.17) is 10.2 Å². The van der Waals surface area contributed by atoms with Gasteiger partial charge in [0, 0.05) is 5.92 Å². The molecule has 4 nitrogen and oxygen atoms in total. The minimum absolute atomic E-state index is 0.478. The molecule has 1 fully saturated rings. The Bertz CT molecular complexity index is 575. The first-order valence-electron chi connectivity index (χ1n) is 5.55. The molecular weight excluding hydrogens is 282 g/mol. The zero-order valence-electron chi connectivity index (χ0n) is 9.40. The molecule has 2 aromatic rings. The van der Waals surface area contributed by atoms with Gasteiger partial charge < -0.3 is 10.2 Å². The van der Waals surface area contributed by atoms with Crippen molar-refractivity contribution in [3.8, 4) is 11.6 Å². The molecule has 2 heterocycles. The smallest absolute Gasteiger partial charge is 0.197 e. The summed E-state index contributed by atoms with van der Waals surface area (Å²) in [5.41, 5.74) is 6.89. The van der Waals surface area contributed by atoms with Crippen molar-refractivity contribution in [1.29, 1.82) is 0 Å². The molecule has 0 radical (unpaired) electrons. The Kier molecular flexibility index (Phi) is 2.43. The van der Waals surface area contributed by atoms with Gasteiger partial charge in [0.05, 0.1) is 10.2 Å². The molecule has 1 aliphatic carbocycles. The van der Waals surface area contributed by atoms with Crippen LogP contribution < -0.4 is 5.73 Å². The maximum absolute atomic E-state index is 5.89. The van der Waals surface area contributed by atoms with Gasteiger partial charge in [-0.3, -0.25) is 0 Å². The predicted octanol–water partition coefficient (Wildman–Crippen LogP) is 3.27. The number of halogens is 1. The number of hydrogen-bond donors (Lipinski definition) is 1. The number of aromatic nitrogens is 2. The minimum atomic E-state index is 0.478. The van der Waals surface area contributed by atoms with Crippen LogP contribution in [0.5, 0.6) is 0 Å². The van der Waals surface area contributed by atoms with Crippen LogP contribution in [-0.4, -0.2) is 9.97 Å². The summed E-state index contributed by atoms with van der Waals surface area (Å²) in [6.45, 7) is 1.90.